The van der Waals surface area contributed by atoms with Crippen molar-refractivity contribution in [1.29, 1.82) is 0 Å². The van der Waals surface area contributed by atoms with Crippen LogP contribution in [0.5, 0.6) is 11.5 Å². The van der Waals surface area contributed by atoms with Crippen molar-refractivity contribution in [2.45, 2.75) is 51.7 Å². The van der Waals surface area contributed by atoms with Crippen molar-refractivity contribution in [2.75, 3.05) is 14.2 Å². The van der Waals surface area contributed by atoms with Gasteiger partial charge in [-0.2, -0.15) is 0 Å². The largest absolute Gasteiger partial charge is 0.493 e. The molecule has 1 aliphatic rings. The summed E-state index contributed by atoms with van der Waals surface area (Å²) in [5.41, 5.74) is 4.37. The Morgan fingerprint density at radius 3 is 2.55 bits per heavy atom. The van der Waals surface area contributed by atoms with Gasteiger partial charge in [0, 0.05) is 24.3 Å². The molecule has 1 aliphatic heterocycles. The smallest absolute Gasteiger partial charge is 0.183 e. The van der Waals surface area contributed by atoms with Gasteiger partial charge in [-0.25, -0.2) is 10.4 Å². The summed E-state index contributed by atoms with van der Waals surface area (Å²) in [5, 5.41) is 2.34. The maximum Gasteiger partial charge on any atom is 0.183 e. The second-order valence-electron chi connectivity index (χ2n) is 5.36. The van der Waals surface area contributed by atoms with Gasteiger partial charge in [-0.05, 0) is 26.7 Å². The van der Waals surface area contributed by atoms with Crippen LogP contribution in [0.3, 0.4) is 0 Å². The van der Waals surface area contributed by atoms with Gasteiger partial charge >= 0.3 is 0 Å². The molecule has 0 saturated carbocycles. The molecule has 0 aromatic carbocycles. The molecule has 5 nitrogen and oxygen atoms in total. The van der Waals surface area contributed by atoms with Crippen molar-refractivity contribution in [3.05, 3.63) is 18.0 Å². The Balaban J connectivity index is 2.06. The summed E-state index contributed by atoms with van der Waals surface area (Å²) in [5.74, 6) is 1.43. The molecule has 5 heteroatoms. The van der Waals surface area contributed by atoms with Gasteiger partial charge in [0.1, 0.15) is 5.69 Å². The van der Waals surface area contributed by atoms with Gasteiger partial charge in [0.05, 0.1) is 20.8 Å². The topological polar surface area (TPSA) is 46.6 Å². The van der Waals surface area contributed by atoms with Crippen molar-refractivity contribution in [1.82, 2.24) is 15.4 Å². The third-order valence-corrected chi connectivity index (χ3v) is 3.99. The molecule has 1 fully saturated rings. The number of nitrogens with one attached hydrogen (secondary N) is 1. The molecule has 112 valence electrons. The fourth-order valence-electron chi connectivity index (χ4n) is 2.88. The Morgan fingerprint density at radius 1 is 1.25 bits per heavy atom. The molecule has 2 heterocycles. The predicted molar refractivity (Wildman–Crippen MR) is 78.8 cm³/mol. The standard InChI is InChI=1S/C15H25N3O2/c1-11-6-5-7-12(2)18(11)17-10-13-15(20-4)14(19-3)8-9-16-13/h8-9,11-12,17H,5-7,10H2,1-4H3. The van der Waals surface area contributed by atoms with Crippen LogP contribution in [-0.4, -0.2) is 36.3 Å². The van der Waals surface area contributed by atoms with E-state index in [2.05, 4.69) is 29.3 Å². The molecular formula is C15H25N3O2. The van der Waals surface area contributed by atoms with Crippen molar-refractivity contribution in [2.24, 2.45) is 0 Å². The molecule has 0 radical (unpaired) electrons. The number of methoxy groups -OCH3 is 2. The first kappa shape index (κ1) is 15.1. The molecule has 0 bridgehead atoms. The molecule has 2 atom stereocenters. The number of pyridine rings is 1. The van der Waals surface area contributed by atoms with Gasteiger partial charge in [-0.3, -0.25) is 4.98 Å². The summed E-state index contributed by atoms with van der Waals surface area (Å²) >= 11 is 0. The zero-order valence-corrected chi connectivity index (χ0v) is 12.8. The van der Waals surface area contributed by atoms with E-state index in [1.54, 1.807) is 20.4 Å². The third kappa shape index (κ3) is 3.22. The van der Waals surface area contributed by atoms with Gasteiger partial charge < -0.3 is 9.47 Å². The maximum absolute atomic E-state index is 5.41. The lowest BCUT2D eigenvalue weighted by molar-refractivity contribution is 0.0428. The second kappa shape index (κ2) is 6.90. The van der Waals surface area contributed by atoms with E-state index in [1.807, 2.05) is 6.07 Å². The molecule has 1 N–H and O–H groups in total. The molecule has 2 rings (SSSR count). The third-order valence-electron chi connectivity index (χ3n) is 3.99. The van der Waals surface area contributed by atoms with E-state index < -0.39 is 0 Å². The summed E-state index contributed by atoms with van der Waals surface area (Å²) in [6.45, 7) is 5.17. The second-order valence-corrected chi connectivity index (χ2v) is 5.36. The van der Waals surface area contributed by atoms with E-state index in [1.165, 1.54) is 19.3 Å². The van der Waals surface area contributed by atoms with E-state index in [-0.39, 0.29) is 0 Å². The number of hydrogen-bond acceptors (Lipinski definition) is 5. The fraction of sp³-hybridized carbons (Fsp3) is 0.667. The zero-order chi connectivity index (χ0) is 14.5. The highest BCUT2D eigenvalue weighted by Gasteiger charge is 2.24. The molecular weight excluding hydrogens is 254 g/mol. The van der Waals surface area contributed by atoms with Gasteiger partial charge in [0.15, 0.2) is 11.5 Å². The van der Waals surface area contributed by atoms with Crippen molar-refractivity contribution < 1.29 is 9.47 Å². The molecule has 20 heavy (non-hydrogen) atoms. The molecule has 0 amide bonds. The van der Waals surface area contributed by atoms with Crippen molar-refractivity contribution >= 4 is 0 Å². The van der Waals surface area contributed by atoms with Crippen LogP contribution in [0.2, 0.25) is 0 Å². The Kier molecular flexibility index (Phi) is 5.20. The van der Waals surface area contributed by atoms with E-state index in [0.717, 1.165) is 11.4 Å². The Labute approximate surface area is 121 Å². The summed E-state index contributed by atoms with van der Waals surface area (Å²) in [6, 6.07) is 2.92. The van der Waals surface area contributed by atoms with Crippen LogP contribution in [0.1, 0.15) is 38.8 Å². The van der Waals surface area contributed by atoms with E-state index in [0.29, 0.717) is 24.4 Å². The highest BCUT2D eigenvalue weighted by Crippen LogP contribution is 2.29. The maximum atomic E-state index is 5.41. The fourth-order valence-corrected chi connectivity index (χ4v) is 2.88. The van der Waals surface area contributed by atoms with Crippen LogP contribution in [-0.2, 0) is 6.54 Å². The van der Waals surface area contributed by atoms with Crippen LogP contribution >= 0.6 is 0 Å². The Hall–Kier alpha value is -1.33. The normalized spacial score (nSPS) is 23.6. The minimum Gasteiger partial charge on any atom is -0.493 e. The number of nitrogens with zero attached hydrogens (tertiary/aromatic N) is 2. The summed E-state index contributed by atoms with van der Waals surface area (Å²) in [7, 11) is 3.29. The monoisotopic (exact) mass is 279 g/mol. The number of hydrazine groups is 1. The van der Waals surface area contributed by atoms with Crippen LogP contribution in [0.4, 0.5) is 0 Å². The van der Waals surface area contributed by atoms with Gasteiger partial charge in [0.2, 0.25) is 0 Å². The first-order chi connectivity index (χ1) is 9.67. The lowest BCUT2D eigenvalue weighted by atomic mass is 10.00. The molecule has 0 spiro atoms. The SMILES string of the molecule is COc1ccnc(CNN2C(C)CCCC2C)c1OC. The number of aromatic nitrogens is 1. The average Bonchev–Trinajstić information content (AvgIpc) is 2.46. The molecule has 0 aliphatic carbocycles. The van der Waals surface area contributed by atoms with Crippen molar-refractivity contribution in [3.8, 4) is 11.5 Å². The Morgan fingerprint density at radius 2 is 1.95 bits per heavy atom. The lowest BCUT2D eigenvalue weighted by Gasteiger charge is -2.39. The van der Waals surface area contributed by atoms with Crippen LogP contribution < -0.4 is 14.9 Å². The van der Waals surface area contributed by atoms with Crippen molar-refractivity contribution in [3.63, 3.8) is 0 Å². The number of hydrogen-bond donors (Lipinski definition) is 1. The average molecular weight is 279 g/mol. The highest BCUT2D eigenvalue weighted by molar-refractivity contribution is 5.42. The first-order valence-corrected chi connectivity index (χ1v) is 7.25. The highest BCUT2D eigenvalue weighted by atomic mass is 16.5. The molecule has 2 unspecified atom stereocenters. The molecule has 1 saturated heterocycles. The summed E-state index contributed by atoms with van der Waals surface area (Å²) in [4.78, 5) is 4.40. The van der Waals surface area contributed by atoms with Gasteiger partial charge in [0.25, 0.3) is 0 Å². The molecule has 1 aromatic heterocycles. The number of piperidine rings is 1. The summed E-state index contributed by atoms with van der Waals surface area (Å²) < 4.78 is 10.7. The lowest BCUT2D eigenvalue weighted by Crippen LogP contribution is -2.51. The zero-order valence-electron chi connectivity index (χ0n) is 12.8. The predicted octanol–water partition coefficient (Wildman–Crippen LogP) is 2.37. The van der Waals surface area contributed by atoms with Crippen LogP contribution in [0.15, 0.2) is 12.3 Å². The first-order valence-electron chi connectivity index (χ1n) is 7.25. The van der Waals surface area contributed by atoms with Gasteiger partial charge in [-0.1, -0.05) is 6.42 Å². The molecule has 1 aromatic rings. The minimum atomic E-state index is 0.551. The quantitative estimate of drug-likeness (QED) is 0.896. The summed E-state index contributed by atoms with van der Waals surface area (Å²) in [6.07, 6.45) is 5.53. The minimum absolute atomic E-state index is 0.551. The number of rotatable bonds is 5. The van der Waals surface area contributed by atoms with E-state index in [4.69, 9.17) is 9.47 Å². The van der Waals surface area contributed by atoms with Crippen LogP contribution in [0.25, 0.3) is 0 Å². The van der Waals surface area contributed by atoms with Crippen LogP contribution in [0, 0.1) is 0 Å². The number of ether oxygens (including phenoxy) is 2. The Bertz CT molecular complexity index is 429. The van der Waals surface area contributed by atoms with E-state index >= 15 is 0 Å². The van der Waals surface area contributed by atoms with E-state index in [9.17, 15) is 0 Å². The van der Waals surface area contributed by atoms with Gasteiger partial charge in [-0.15, -0.1) is 0 Å².